The quantitative estimate of drug-likeness (QED) is 0.675. The highest BCUT2D eigenvalue weighted by molar-refractivity contribution is 6.10. The first-order valence-corrected chi connectivity index (χ1v) is 5.39. The first kappa shape index (κ1) is 10.9. The third kappa shape index (κ3) is 1.75. The van der Waals surface area contributed by atoms with E-state index in [4.69, 9.17) is 4.74 Å². The van der Waals surface area contributed by atoms with Gasteiger partial charge in [0.25, 0.3) is 0 Å². The van der Waals surface area contributed by atoms with E-state index in [-0.39, 0.29) is 5.91 Å². The van der Waals surface area contributed by atoms with Gasteiger partial charge in [-0.25, -0.2) is 0 Å². The van der Waals surface area contributed by atoms with Crippen molar-refractivity contribution in [1.29, 1.82) is 0 Å². The first-order chi connectivity index (χ1) is 7.73. The summed E-state index contributed by atoms with van der Waals surface area (Å²) in [5.74, 6) is 0.518. The summed E-state index contributed by atoms with van der Waals surface area (Å²) in [6.45, 7) is 0. The van der Waals surface area contributed by atoms with Gasteiger partial charge in [0.15, 0.2) is 0 Å². The summed E-state index contributed by atoms with van der Waals surface area (Å²) < 4.78 is 4.94. The molecule has 1 fully saturated rings. The highest BCUT2D eigenvalue weighted by atomic mass is 16.5. The molecule has 6 heteroatoms. The van der Waals surface area contributed by atoms with Gasteiger partial charge in [-0.3, -0.25) is 4.79 Å². The van der Waals surface area contributed by atoms with Crippen molar-refractivity contribution in [3.8, 4) is 5.88 Å². The van der Waals surface area contributed by atoms with Gasteiger partial charge in [-0.1, -0.05) is 0 Å². The van der Waals surface area contributed by atoms with Crippen LogP contribution in [0.3, 0.4) is 0 Å². The van der Waals surface area contributed by atoms with Crippen molar-refractivity contribution < 1.29 is 9.53 Å². The van der Waals surface area contributed by atoms with Gasteiger partial charge in [-0.15, -0.1) is 5.10 Å². The van der Waals surface area contributed by atoms with E-state index in [0.29, 0.717) is 12.3 Å². The molecule has 0 atom stereocenters. The fourth-order valence-electron chi connectivity index (χ4n) is 1.74. The summed E-state index contributed by atoms with van der Waals surface area (Å²) in [7, 11) is 3.45. The lowest BCUT2D eigenvalue weighted by molar-refractivity contribution is -0.123. The Morgan fingerprint density at radius 3 is 2.75 bits per heavy atom. The van der Waals surface area contributed by atoms with Crippen LogP contribution in [0.25, 0.3) is 0 Å². The molecule has 0 saturated heterocycles. The van der Waals surface area contributed by atoms with Crippen LogP contribution < -0.4 is 10.1 Å². The van der Waals surface area contributed by atoms with E-state index < -0.39 is 5.41 Å². The van der Waals surface area contributed by atoms with E-state index in [9.17, 15) is 4.79 Å². The monoisotopic (exact) mass is 219 g/mol. The van der Waals surface area contributed by atoms with Crippen LogP contribution in [-0.4, -0.2) is 37.5 Å². The molecule has 0 radical (unpaired) electrons. The van der Waals surface area contributed by atoms with Gasteiger partial charge in [0.1, 0.15) is 7.85 Å². The van der Waals surface area contributed by atoms with Crippen LogP contribution in [0.2, 0.25) is 0 Å². The lowest BCUT2D eigenvalue weighted by Gasteiger charge is -2.13. The molecule has 0 unspecified atom stereocenters. The summed E-state index contributed by atoms with van der Waals surface area (Å²) in [5, 5.41) is 10.8. The summed E-state index contributed by atoms with van der Waals surface area (Å²) in [6.07, 6.45) is 2.34. The Morgan fingerprint density at radius 1 is 1.56 bits per heavy atom. The lowest BCUT2D eigenvalue weighted by Crippen LogP contribution is -2.36. The van der Waals surface area contributed by atoms with Crippen molar-refractivity contribution in [2.75, 3.05) is 13.6 Å². The number of carbonyl (C=O) groups is 1. The fraction of sp³-hybridized carbons (Fsp3) is 0.500. The van der Waals surface area contributed by atoms with Crippen molar-refractivity contribution >= 4 is 13.8 Å². The number of rotatable bonds is 4. The number of amides is 1. The van der Waals surface area contributed by atoms with Crippen molar-refractivity contribution in [3.63, 3.8) is 0 Å². The molecule has 1 aromatic rings. The number of nitrogens with zero attached hydrogens (tertiary/aromatic N) is 2. The highest BCUT2D eigenvalue weighted by Crippen LogP contribution is 2.47. The number of carbonyl (C=O) groups excluding carboxylic acids is 1. The Bertz CT molecular complexity index is 390. The minimum atomic E-state index is -0.435. The predicted octanol–water partition coefficient (Wildman–Crippen LogP) is -0.776. The largest absolute Gasteiger partial charge is 0.480 e. The molecule has 1 aliphatic carbocycles. The average molecular weight is 219 g/mol. The SMILES string of the molecule is BCNC(=O)C1(c2ccc(OC)nn2)CC1. The maximum Gasteiger partial charge on any atom is 0.233 e. The molecule has 5 nitrogen and oxygen atoms in total. The van der Waals surface area contributed by atoms with Gasteiger partial charge in [0, 0.05) is 6.07 Å². The van der Waals surface area contributed by atoms with E-state index in [2.05, 4.69) is 15.5 Å². The van der Waals surface area contributed by atoms with Crippen molar-refractivity contribution in [2.45, 2.75) is 18.3 Å². The third-order valence-electron chi connectivity index (χ3n) is 2.86. The van der Waals surface area contributed by atoms with Crippen molar-refractivity contribution in [1.82, 2.24) is 15.5 Å². The van der Waals surface area contributed by atoms with Crippen LogP contribution in [0.15, 0.2) is 12.1 Å². The fourth-order valence-corrected chi connectivity index (χ4v) is 1.74. The van der Waals surface area contributed by atoms with Gasteiger partial charge >= 0.3 is 0 Å². The molecular weight excluding hydrogens is 205 g/mol. The second-order valence-electron chi connectivity index (χ2n) is 3.90. The summed E-state index contributed by atoms with van der Waals surface area (Å²) in [6, 6.07) is 3.55. The number of ether oxygens (including phenoxy) is 1. The Morgan fingerprint density at radius 2 is 2.31 bits per heavy atom. The van der Waals surface area contributed by atoms with Crippen LogP contribution in [0.1, 0.15) is 18.5 Å². The van der Waals surface area contributed by atoms with Crippen LogP contribution >= 0.6 is 0 Å². The normalized spacial score (nSPS) is 16.6. The molecule has 1 N–H and O–H groups in total. The van der Waals surface area contributed by atoms with Gasteiger partial charge in [-0.2, -0.15) is 5.10 Å². The minimum Gasteiger partial charge on any atom is -0.480 e. The van der Waals surface area contributed by atoms with Gasteiger partial charge in [0.05, 0.1) is 18.2 Å². The molecule has 84 valence electrons. The smallest absolute Gasteiger partial charge is 0.233 e. The Kier molecular flexibility index (Phi) is 2.81. The van der Waals surface area contributed by atoms with Gasteiger partial charge < -0.3 is 10.1 Å². The van der Waals surface area contributed by atoms with Gasteiger partial charge in [0.2, 0.25) is 11.8 Å². The third-order valence-corrected chi connectivity index (χ3v) is 2.86. The zero-order valence-corrected chi connectivity index (χ0v) is 9.49. The minimum absolute atomic E-state index is 0.0504. The van der Waals surface area contributed by atoms with E-state index in [1.165, 1.54) is 0 Å². The molecule has 0 aromatic carbocycles. The maximum atomic E-state index is 11.9. The van der Waals surface area contributed by atoms with E-state index in [1.54, 1.807) is 13.2 Å². The molecule has 1 amide bonds. The number of aromatic nitrogens is 2. The molecule has 0 spiro atoms. The number of hydrogen-bond acceptors (Lipinski definition) is 4. The molecule has 16 heavy (non-hydrogen) atoms. The zero-order chi connectivity index (χ0) is 11.6. The van der Waals surface area contributed by atoms with E-state index in [1.807, 2.05) is 13.9 Å². The molecule has 1 aromatic heterocycles. The van der Waals surface area contributed by atoms with Crippen LogP contribution in [0.5, 0.6) is 5.88 Å². The first-order valence-electron chi connectivity index (χ1n) is 5.39. The molecule has 0 aliphatic heterocycles. The van der Waals surface area contributed by atoms with Crippen molar-refractivity contribution in [2.24, 2.45) is 0 Å². The van der Waals surface area contributed by atoms with E-state index in [0.717, 1.165) is 18.5 Å². The molecule has 1 heterocycles. The molecular formula is C10H14BN3O2. The summed E-state index contributed by atoms with van der Waals surface area (Å²) >= 11 is 0. The topological polar surface area (TPSA) is 64.1 Å². The van der Waals surface area contributed by atoms with E-state index >= 15 is 0 Å². The Balaban J connectivity index is 2.19. The predicted molar refractivity (Wildman–Crippen MR) is 61.0 cm³/mol. The molecule has 1 saturated carbocycles. The molecule has 1 aliphatic rings. The summed E-state index contributed by atoms with van der Waals surface area (Å²) in [5.41, 5.74) is 0.300. The standard InChI is InChI=1S/C10H14BN3O2/c1-16-8-3-2-7(13-14-8)10(4-5-10)9(15)12-6-11/h2-3H,4-6,11H2,1H3,(H,12,15). The Labute approximate surface area is 95.0 Å². The molecule has 2 rings (SSSR count). The van der Waals surface area contributed by atoms with Crippen LogP contribution in [-0.2, 0) is 10.2 Å². The van der Waals surface area contributed by atoms with Crippen LogP contribution in [0, 0.1) is 0 Å². The second-order valence-corrected chi connectivity index (χ2v) is 3.90. The number of nitrogens with one attached hydrogen (secondary N) is 1. The highest BCUT2D eigenvalue weighted by Gasteiger charge is 2.52. The van der Waals surface area contributed by atoms with Crippen LogP contribution in [0.4, 0.5) is 0 Å². The second kappa shape index (κ2) is 4.12. The maximum absolute atomic E-state index is 11.9. The number of methoxy groups -OCH3 is 1. The zero-order valence-electron chi connectivity index (χ0n) is 9.49. The van der Waals surface area contributed by atoms with Crippen molar-refractivity contribution in [3.05, 3.63) is 17.8 Å². The Hall–Kier alpha value is -1.59. The average Bonchev–Trinajstić information content (AvgIpc) is 3.11. The lowest BCUT2D eigenvalue weighted by atomic mass is 10.00. The molecule has 0 bridgehead atoms. The van der Waals surface area contributed by atoms with Gasteiger partial charge in [-0.05, 0) is 25.4 Å². The number of hydrogen-bond donors (Lipinski definition) is 1. The summed E-state index contributed by atoms with van der Waals surface area (Å²) in [4.78, 5) is 11.9.